The summed E-state index contributed by atoms with van der Waals surface area (Å²) in [6.45, 7) is 2.07. The van der Waals surface area contributed by atoms with Crippen molar-refractivity contribution in [1.82, 2.24) is 5.32 Å². The fraction of sp³-hybridized carbons (Fsp3) is 0.533. The van der Waals surface area contributed by atoms with Gasteiger partial charge in [-0.1, -0.05) is 38.0 Å². The average molecular weight is 246 g/mol. The molecule has 2 rings (SSSR count). The lowest BCUT2D eigenvalue weighted by Gasteiger charge is -2.29. The number of hydrogen-bond donors (Lipinski definition) is 2. The standard InChI is InChI=1S/C15H22N2O/c1-2-11-7-3-4-8-12(11)15(18)17-14-10-6-5-9-13(14)16/h3-4,7-8,13-14H,2,5-6,9-10,16H2,1H3,(H,17,18)/t13-,14-/m0/s1. The summed E-state index contributed by atoms with van der Waals surface area (Å²) in [5.41, 5.74) is 7.95. The second-order valence-corrected chi connectivity index (χ2v) is 5.04. The van der Waals surface area contributed by atoms with Crippen LogP contribution in [0.4, 0.5) is 0 Å². The van der Waals surface area contributed by atoms with Crippen molar-refractivity contribution in [1.29, 1.82) is 0 Å². The van der Waals surface area contributed by atoms with Crippen LogP contribution < -0.4 is 11.1 Å². The van der Waals surface area contributed by atoms with Gasteiger partial charge >= 0.3 is 0 Å². The Morgan fingerprint density at radius 2 is 2.06 bits per heavy atom. The van der Waals surface area contributed by atoms with E-state index in [-0.39, 0.29) is 18.0 Å². The topological polar surface area (TPSA) is 55.1 Å². The molecular weight excluding hydrogens is 224 g/mol. The molecule has 1 fully saturated rings. The van der Waals surface area contributed by atoms with Gasteiger partial charge in [0, 0.05) is 17.6 Å². The molecule has 0 aromatic heterocycles. The van der Waals surface area contributed by atoms with E-state index in [1.165, 1.54) is 6.42 Å². The van der Waals surface area contributed by atoms with Crippen LogP contribution in [0.25, 0.3) is 0 Å². The highest BCUT2D eigenvalue weighted by atomic mass is 16.1. The first-order valence-corrected chi connectivity index (χ1v) is 6.86. The molecule has 1 aliphatic rings. The van der Waals surface area contributed by atoms with Crippen molar-refractivity contribution in [3.8, 4) is 0 Å². The van der Waals surface area contributed by atoms with Crippen LogP contribution in [0.5, 0.6) is 0 Å². The predicted molar refractivity (Wildman–Crippen MR) is 73.5 cm³/mol. The molecule has 18 heavy (non-hydrogen) atoms. The first-order chi connectivity index (χ1) is 8.72. The lowest BCUT2D eigenvalue weighted by atomic mass is 9.90. The Kier molecular flexibility index (Phi) is 4.37. The van der Waals surface area contributed by atoms with Gasteiger partial charge in [0.2, 0.25) is 0 Å². The first-order valence-electron chi connectivity index (χ1n) is 6.86. The minimum absolute atomic E-state index is 0.0230. The molecule has 98 valence electrons. The predicted octanol–water partition coefficient (Wildman–Crippen LogP) is 2.25. The van der Waals surface area contributed by atoms with Gasteiger partial charge in [-0.3, -0.25) is 4.79 Å². The van der Waals surface area contributed by atoms with E-state index < -0.39 is 0 Å². The highest BCUT2D eigenvalue weighted by Gasteiger charge is 2.24. The van der Waals surface area contributed by atoms with E-state index in [0.717, 1.165) is 36.8 Å². The number of carbonyl (C=O) groups is 1. The van der Waals surface area contributed by atoms with Crippen LogP contribution in [-0.4, -0.2) is 18.0 Å². The van der Waals surface area contributed by atoms with Crippen LogP contribution in [0.15, 0.2) is 24.3 Å². The van der Waals surface area contributed by atoms with Gasteiger partial charge < -0.3 is 11.1 Å². The molecule has 0 aliphatic heterocycles. The molecule has 3 nitrogen and oxygen atoms in total. The molecule has 1 saturated carbocycles. The summed E-state index contributed by atoms with van der Waals surface area (Å²) in [5.74, 6) is 0.0230. The van der Waals surface area contributed by atoms with E-state index in [0.29, 0.717) is 0 Å². The number of benzene rings is 1. The van der Waals surface area contributed by atoms with Gasteiger partial charge in [0.05, 0.1) is 0 Å². The zero-order valence-electron chi connectivity index (χ0n) is 11.0. The molecule has 1 aromatic rings. The molecular formula is C15H22N2O. The third kappa shape index (κ3) is 2.91. The Bertz CT molecular complexity index is 417. The van der Waals surface area contributed by atoms with Crippen molar-refractivity contribution < 1.29 is 4.79 Å². The molecule has 1 amide bonds. The highest BCUT2D eigenvalue weighted by Crippen LogP contribution is 2.18. The zero-order chi connectivity index (χ0) is 13.0. The van der Waals surface area contributed by atoms with Crippen LogP contribution in [0.2, 0.25) is 0 Å². The number of nitrogens with one attached hydrogen (secondary N) is 1. The largest absolute Gasteiger partial charge is 0.348 e. The second kappa shape index (κ2) is 6.01. The summed E-state index contributed by atoms with van der Waals surface area (Å²) in [6, 6.07) is 8.03. The third-order valence-corrected chi connectivity index (χ3v) is 3.78. The number of carbonyl (C=O) groups excluding carboxylic acids is 1. The molecule has 1 aliphatic carbocycles. The number of rotatable bonds is 3. The second-order valence-electron chi connectivity index (χ2n) is 5.04. The zero-order valence-corrected chi connectivity index (χ0v) is 11.0. The Labute approximate surface area is 109 Å². The third-order valence-electron chi connectivity index (χ3n) is 3.78. The van der Waals surface area contributed by atoms with Crippen LogP contribution in [0, 0.1) is 0 Å². The molecule has 0 spiro atoms. The number of amides is 1. The van der Waals surface area contributed by atoms with Crippen LogP contribution in [0.3, 0.4) is 0 Å². The van der Waals surface area contributed by atoms with Crippen LogP contribution in [0.1, 0.15) is 48.5 Å². The molecule has 3 heteroatoms. The highest BCUT2D eigenvalue weighted by molar-refractivity contribution is 5.95. The number of hydrogen-bond acceptors (Lipinski definition) is 2. The molecule has 1 aromatic carbocycles. The van der Waals surface area contributed by atoms with Crippen molar-refractivity contribution in [3.05, 3.63) is 35.4 Å². The maximum Gasteiger partial charge on any atom is 0.251 e. The molecule has 0 unspecified atom stereocenters. The van der Waals surface area contributed by atoms with Gasteiger partial charge in [-0.25, -0.2) is 0 Å². The Morgan fingerprint density at radius 1 is 1.33 bits per heavy atom. The molecule has 0 heterocycles. The summed E-state index contributed by atoms with van der Waals surface area (Å²) in [6.07, 6.45) is 5.23. The van der Waals surface area contributed by atoms with Crippen LogP contribution >= 0.6 is 0 Å². The maximum absolute atomic E-state index is 12.3. The van der Waals surface area contributed by atoms with Gasteiger partial charge in [0.1, 0.15) is 0 Å². The summed E-state index contributed by atoms with van der Waals surface area (Å²) < 4.78 is 0. The Hall–Kier alpha value is -1.35. The lowest BCUT2D eigenvalue weighted by Crippen LogP contribution is -2.49. The monoisotopic (exact) mass is 246 g/mol. The molecule has 2 atom stereocenters. The van der Waals surface area contributed by atoms with Gasteiger partial charge in [-0.15, -0.1) is 0 Å². The van der Waals surface area contributed by atoms with E-state index in [2.05, 4.69) is 12.2 Å². The molecule has 0 bridgehead atoms. The smallest absolute Gasteiger partial charge is 0.251 e. The van der Waals surface area contributed by atoms with Gasteiger partial charge in [0.25, 0.3) is 5.91 Å². The van der Waals surface area contributed by atoms with E-state index in [1.807, 2.05) is 24.3 Å². The maximum atomic E-state index is 12.3. The quantitative estimate of drug-likeness (QED) is 0.859. The summed E-state index contributed by atoms with van der Waals surface area (Å²) in [7, 11) is 0. The van der Waals surface area contributed by atoms with Crippen molar-refractivity contribution in [2.24, 2.45) is 5.73 Å². The Balaban J connectivity index is 2.07. The average Bonchev–Trinajstić information content (AvgIpc) is 2.41. The van der Waals surface area contributed by atoms with E-state index in [9.17, 15) is 4.79 Å². The molecule has 0 radical (unpaired) electrons. The van der Waals surface area contributed by atoms with E-state index >= 15 is 0 Å². The summed E-state index contributed by atoms with van der Waals surface area (Å²) >= 11 is 0. The number of aryl methyl sites for hydroxylation is 1. The molecule has 3 N–H and O–H groups in total. The van der Waals surface area contributed by atoms with Crippen molar-refractivity contribution >= 4 is 5.91 Å². The van der Waals surface area contributed by atoms with Crippen LogP contribution in [-0.2, 0) is 6.42 Å². The number of nitrogens with two attached hydrogens (primary N) is 1. The fourth-order valence-corrected chi connectivity index (χ4v) is 2.64. The van der Waals surface area contributed by atoms with E-state index in [1.54, 1.807) is 0 Å². The Morgan fingerprint density at radius 3 is 2.78 bits per heavy atom. The van der Waals surface area contributed by atoms with Crippen molar-refractivity contribution in [2.45, 2.75) is 51.1 Å². The lowest BCUT2D eigenvalue weighted by molar-refractivity contribution is 0.0920. The minimum atomic E-state index is 0.0230. The summed E-state index contributed by atoms with van der Waals surface area (Å²) in [4.78, 5) is 12.3. The summed E-state index contributed by atoms with van der Waals surface area (Å²) in [5, 5.41) is 3.10. The van der Waals surface area contributed by atoms with Gasteiger partial charge in [0.15, 0.2) is 0 Å². The van der Waals surface area contributed by atoms with Crippen molar-refractivity contribution in [2.75, 3.05) is 0 Å². The van der Waals surface area contributed by atoms with Gasteiger partial charge in [-0.2, -0.15) is 0 Å². The molecule has 0 saturated heterocycles. The van der Waals surface area contributed by atoms with Gasteiger partial charge in [-0.05, 0) is 30.9 Å². The first kappa shape index (κ1) is 13.1. The SMILES string of the molecule is CCc1ccccc1C(=O)N[C@H]1CCCC[C@@H]1N. The normalized spacial score (nSPS) is 23.7. The van der Waals surface area contributed by atoms with Crippen molar-refractivity contribution in [3.63, 3.8) is 0 Å². The minimum Gasteiger partial charge on any atom is -0.348 e. The van der Waals surface area contributed by atoms with E-state index in [4.69, 9.17) is 5.73 Å². The fourth-order valence-electron chi connectivity index (χ4n) is 2.64.